The summed E-state index contributed by atoms with van der Waals surface area (Å²) in [4.78, 5) is 23.2. The summed E-state index contributed by atoms with van der Waals surface area (Å²) in [6, 6.07) is 2.68. The molecule has 7 heteroatoms. The Kier molecular flexibility index (Phi) is 6.17. The Morgan fingerprint density at radius 1 is 1.58 bits per heavy atom. The molecule has 1 aromatic rings. The van der Waals surface area contributed by atoms with E-state index in [2.05, 4.69) is 10.4 Å². The summed E-state index contributed by atoms with van der Waals surface area (Å²) >= 11 is 0. The lowest BCUT2D eigenvalue weighted by Crippen LogP contribution is -2.36. The molecule has 1 unspecified atom stereocenters. The Morgan fingerprint density at radius 3 is 2.95 bits per heavy atom. The van der Waals surface area contributed by atoms with Gasteiger partial charge in [-0.05, 0) is 12.5 Å². The normalized spacial score (nSPS) is 12.2. The van der Waals surface area contributed by atoms with Gasteiger partial charge in [0.1, 0.15) is 5.69 Å². The van der Waals surface area contributed by atoms with Crippen LogP contribution in [0.1, 0.15) is 23.8 Å². The van der Waals surface area contributed by atoms with Gasteiger partial charge in [0.05, 0.1) is 12.7 Å². The number of methoxy groups -OCH3 is 1. The van der Waals surface area contributed by atoms with E-state index in [1.807, 2.05) is 6.92 Å². The van der Waals surface area contributed by atoms with Crippen molar-refractivity contribution in [2.75, 3.05) is 20.3 Å². The Hall–Kier alpha value is -1.73. The predicted octanol–water partition coefficient (Wildman–Crippen LogP) is -0.610. The van der Waals surface area contributed by atoms with Gasteiger partial charge in [-0.1, -0.05) is 6.92 Å². The van der Waals surface area contributed by atoms with Gasteiger partial charge in [-0.2, -0.15) is 5.10 Å². The molecule has 1 rings (SSSR count). The minimum Gasteiger partial charge on any atom is -0.389 e. The van der Waals surface area contributed by atoms with Gasteiger partial charge >= 0.3 is 0 Å². The van der Waals surface area contributed by atoms with E-state index in [0.717, 1.165) is 6.42 Å². The van der Waals surface area contributed by atoms with Crippen molar-refractivity contribution in [2.45, 2.75) is 26.0 Å². The van der Waals surface area contributed by atoms with Crippen LogP contribution in [0.25, 0.3) is 0 Å². The largest absolute Gasteiger partial charge is 0.389 e. The van der Waals surface area contributed by atoms with Crippen molar-refractivity contribution in [3.8, 4) is 0 Å². The summed E-state index contributed by atoms with van der Waals surface area (Å²) in [6.45, 7) is 2.60. The lowest BCUT2D eigenvalue weighted by atomic mass is 10.3. The summed E-state index contributed by atoms with van der Waals surface area (Å²) in [5, 5.41) is 15.9. The zero-order chi connectivity index (χ0) is 14.3. The number of aryl methyl sites for hydroxylation is 1. The van der Waals surface area contributed by atoms with E-state index in [1.165, 1.54) is 23.9 Å². The number of amides is 1. The third-order valence-corrected chi connectivity index (χ3v) is 2.39. The molecule has 0 saturated carbocycles. The average Bonchev–Trinajstić information content (AvgIpc) is 2.39. The standard InChI is InChI=1S/C12H19N3O4/c1-3-6-15-11(17)5-4-10(14-15)12(18)13-7-9(16)8-19-2/h4-5,9,16H,3,6-8H2,1-2H3,(H,13,18). The first kappa shape index (κ1) is 15.3. The summed E-state index contributed by atoms with van der Waals surface area (Å²) < 4.78 is 6.00. The van der Waals surface area contributed by atoms with Crippen LogP contribution in [0, 0.1) is 0 Å². The second-order valence-corrected chi connectivity index (χ2v) is 4.10. The van der Waals surface area contributed by atoms with Crippen LogP contribution in [-0.2, 0) is 11.3 Å². The number of hydrogen-bond acceptors (Lipinski definition) is 5. The molecular formula is C12H19N3O4. The molecule has 0 aliphatic rings. The van der Waals surface area contributed by atoms with Crippen molar-refractivity contribution in [3.05, 3.63) is 28.2 Å². The smallest absolute Gasteiger partial charge is 0.271 e. The first-order valence-corrected chi connectivity index (χ1v) is 6.11. The Labute approximate surface area is 111 Å². The maximum Gasteiger partial charge on any atom is 0.271 e. The van der Waals surface area contributed by atoms with Crippen LogP contribution in [-0.4, -0.2) is 47.2 Å². The van der Waals surface area contributed by atoms with Gasteiger partial charge in [-0.15, -0.1) is 0 Å². The van der Waals surface area contributed by atoms with Crippen molar-refractivity contribution in [1.82, 2.24) is 15.1 Å². The van der Waals surface area contributed by atoms with Crippen LogP contribution in [0.5, 0.6) is 0 Å². The van der Waals surface area contributed by atoms with Gasteiger partial charge < -0.3 is 15.2 Å². The van der Waals surface area contributed by atoms with Crippen LogP contribution < -0.4 is 10.9 Å². The lowest BCUT2D eigenvalue weighted by Gasteiger charge is -2.11. The van der Waals surface area contributed by atoms with Gasteiger partial charge in [-0.3, -0.25) is 9.59 Å². The third kappa shape index (κ3) is 4.80. The monoisotopic (exact) mass is 269 g/mol. The summed E-state index contributed by atoms with van der Waals surface area (Å²) in [5.41, 5.74) is -0.0875. The van der Waals surface area contributed by atoms with Crippen LogP contribution in [0.3, 0.4) is 0 Å². The molecule has 0 fully saturated rings. The molecule has 2 N–H and O–H groups in total. The zero-order valence-corrected chi connectivity index (χ0v) is 11.1. The predicted molar refractivity (Wildman–Crippen MR) is 69.0 cm³/mol. The van der Waals surface area contributed by atoms with E-state index in [4.69, 9.17) is 4.74 Å². The number of aliphatic hydroxyl groups excluding tert-OH is 1. The highest BCUT2D eigenvalue weighted by Gasteiger charge is 2.11. The topological polar surface area (TPSA) is 93.5 Å². The highest BCUT2D eigenvalue weighted by molar-refractivity contribution is 5.91. The molecule has 106 valence electrons. The molecule has 19 heavy (non-hydrogen) atoms. The molecule has 0 aliphatic carbocycles. The minimum absolute atomic E-state index is 0.0707. The number of ether oxygens (including phenoxy) is 1. The Morgan fingerprint density at radius 2 is 2.32 bits per heavy atom. The molecule has 1 aromatic heterocycles. The third-order valence-electron chi connectivity index (χ3n) is 2.39. The Balaban J connectivity index is 2.66. The van der Waals surface area contributed by atoms with Crippen molar-refractivity contribution in [1.29, 1.82) is 0 Å². The van der Waals surface area contributed by atoms with Gasteiger partial charge in [0, 0.05) is 26.3 Å². The molecule has 1 amide bonds. The first-order chi connectivity index (χ1) is 9.08. The highest BCUT2D eigenvalue weighted by atomic mass is 16.5. The molecule has 0 aromatic carbocycles. The minimum atomic E-state index is -0.768. The van der Waals surface area contributed by atoms with Crippen molar-refractivity contribution >= 4 is 5.91 Å². The fourth-order valence-electron chi connectivity index (χ4n) is 1.49. The van der Waals surface area contributed by atoms with Crippen molar-refractivity contribution in [3.63, 3.8) is 0 Å². The number of aliphatic hydroxyl groups is 1. The van der Waals surface area contributed by atoms with Crippen molar-refractivity contribution in [2.24, 2.45) is 0 Å². The van der Waals surface area contributed by atoms with Crippen LogP contribution in [0.2, 0.25) is 0 Å². The number of carbonyl (C=O) groups is 1. The summed E-state index contributed by atoms with van der Waals surface area (Å²) in [6.07, 6.45) is -0.0136. The molecule has 1 atom stereocenters. The number of rotatable bonds is 7. The van der Waals surface area contributed by atoms with Gasteiger partial charge in [0.25, 0.3) is 11.5 Å². The number of aromatic nitrogens is 2. The van der Waals surface area contributed by atoms with Gasteiger partial charge in [0.15, 0.2) is 0 Å². The molecule has 1 heterocycles. The van der Waals surface area contributed by atoms with E-state index in [1.54, 1.807) is 0 Å². The second kappa shape index (κ2) is 7.65. The molecule has 0 radical (unpaired) electrons. The maximum atomic E-state index is 11.8. The van der Waals surface area contributed by atoms with Crippen LogP contribution in [0.4, 0.5) is 0 Å². The van der Waals surface area contributed by atoms with E-state index < -0.39 is 12.0 Å². The van der Waals surface area contributed by atoms with Gasteiger partial charge in [0.2, 0.25) is 0 Å². The molecule has 0 bridgehead atoms. The summed E-state index contributed by atoms with van der Waals surface area (Å²) in [5.74, 6) is -0.431. The van der Waals surface area contributed by atoms with Crippen molar-refractivity contribution < 1.29 is 14.6 Å². The van der Waals surface area contributed by atoms with E-state index in [0.29, 0.717) is 6.54 Å². The summed E-state index contributed by atoms with van der Waals surface area (Å²) in [7, 11) is 1.47. The van der Waals surface area contributed by atoms with Crippen LogP contribution >= 0.6 is 0 Å². The van der Waals surface area contributed by atoms with Crippen LogP contribution in [0.15, 0.2) is 16.9 Å². The fraction of sp³-hybridized carbons (Fsp3) is 0.583. The second-order valence-electron chi connectivity index (χ2n) is 4.10. The van der Waals surface area contributed by atoms with E-state index >= 15 is 0 Å². The molecule has 0 saturated heterocycles. The molecular weight excluding hydrogens is 250 g/mol. The number of carbonyl (C=O) groups excluding carboxylic acids is 1. The highest BCUT2D eigenvalue weighted by Crippen LogP contribution is 1.92. The fourth-order valence-corrected chi connectivity index (χ4v) is 1.49. The van der Waals surface area contributed by atoms with E-state index in [9.17, 15) is 14.7 Å². The van der Waals surface area contributed by atoms with Gasteiger partial charge in [-0.25, -0.2) is 4.68 Å². The van der Waals surface area contributed by atoms with E-state index in [-0.39, 0.29) is 24.4 Å². The molecule has 0 aliphatic heterocycles. The zero-order valence-electron chi connectivity index (χ0n) is 11.1. The average molecular weight is 269 g/mol. The maximum absolute atomic E-state index is 11.8. The molecule has 0 spiro atoms. The number of nitrogens with zero attached hydrogens (tertiary/aromatic N) is 2. The number of nitrogens with one attached hydrogen (secondary N) is 1. The number of hydrogen-bond donors (Lipinski definition) is 2. The SMILES string of the molecule is CCCn1nc(C(=O)NCC(O)COC)ccc1=O. The first-order valence-electron chi connectivity index (χ1n) is 6.11. The molecule has 7 nitrogen and oxygen atoms in total. The quantitative estimate of drug-likeness (QED) is 0.689. The lowest BCUT2D eigenvalue weighted by molar-refractivity contribution is 0.0608. The Bertz CT molecular complexity index is 472.